The maximum atomic E-state index is 11.3. The van der Waals surface area contributed by atoms with Crippen LogP contribution in [-0.2, 0) is 0 Å². The maximum Gasteiger partial charge on any atom is 0.311 e. The van der Waals surface area contributed by atoms with Crippen LogP contribution in [0.15, 0.2) is 46.9 Å². The van der Waals surface area contributed by atoms with E-state index in [1.807, 2.05) is 24.3 Å². The number of nitrogens with zero attached hydrogens (tertiary/aromatic N) is 1. The average molecular weight is 428 g/mol. The molecular weight excluding hydrogens is 414 g/mol. The van der Waals surface area contributed by atoms with Crippen LogP contribution in [0.3, 0.4) is 0 Å². The normalized spacial score (nSPS) is 11.3. The number of hydrogen-bond donors (Lipinski definition) is 1. The van der Waals surface area contributed by atoms with Crippen LogP contribution in [0.25, 0.3) is 32.0 Å². The number of nitro groups is 1. The van der Waals surface area contributed by atoms with Gasteiger partial charge in [0.05, 0.1) is 9.62 Å². The molecule has 0 aliphatic carbocycles. The molecule has 1 heterocycles. The molecule has 0 bridgehead atoms. The van der Waals surface area contributed by atoms with Gasteiger partial charge >= 0.3 is 5.69 Å². The molecule has 1 N–H and O–H groups in total. The summed E-state index contributed by atoms with van der Waals surface area (Å²) in [6.07, 6.45) is 0. The summed E-state index contributed by atoms with van der Waals surface area (Å²) in [5.41, 5.74) is 2.57. The van der Waals surface area contributed by atoms with Crippen LogP contribution in [-0.4, -0.2) is 10.0 Å². The second-order valence-electron chi connectivity index (χ2n) is 6.18. The number of hydrogen-bond acceptors (Lipinski definition) is 4. The first-order chi connectivity index (χ1) is 12.4. The Hall–Kier alpha value is -2.44. The fourth-order valence-electron chi connectivity index (χ4n) is 3.36. The molecule has 0 aliphatic rings. The molecule has 0 fully saturated rings. The molecule has 0 atom stereocenters. The van der Waals surface area contributed by atoms with E-state index >= 15 is 0 Å². The minimum Gasteiger partial charge on any atom is -0.502 e. The number of aromatic hydroxyl groups is 1. The van der Waals surface area contributed by atoms with Gasteiger partial charge in [-0.3, -0.25) is 10.1 Å². The largest absolute Gasteiger partial charge is 0.502 e. The van der Waals surface area contributed by atoms with E-state index in [1.165, 1.54) is 22.6 Å². The SMILES string of the molecule is Cc1sc2c(Br)c3ccccc3c(-c3ccc(O)c([N+](=O)[O-])c3)c2c1C. The molecule has 0 unspecified atom stereocenters. The van der Waals surface area contributed by atoms with Gasteiger partial charge < -0.3 is 5.11 Å². The van der Waals surface area contributed by atoms with E-state index in [0.29, 0.717) is 0 Å². The standard InChI is InChI=1S/C20H14BrNO3S/c1-10-11(2)26-20-17(10)18(13-5-3-4-6-14(13)19(20)21)12-7-8-16(23)15(9-12)22(24)25/h3-9,23H,1-2H3. The van der Waals surface area contributed by atoms with Gasteiger partial charge in [0.2, 0.25) is 0 Å². The number of thiophene rings is 1. The van der Waals surface area contributed by atoms with Crippen molar-refractivity contribution in [3.8, 4) is 16.9 Å². The highest BCUT2D eigenvalue weighted by atomic mass is 79.9. The summed E-state index contributed by atoms with van der Waals surface area (Å²) in [6.45, 7) is 4.16. The molecule has 0 spiro atoms. The number of phenols is 1. The fraction of sp³-hybridized carbons (Fsp3) is 0.100. The van der Waals surface area contributed by atoms with Gasteiger partial charge in [0.15, 0.2) is 5.75 Å². The minimum atomic E-state index is -0.553. The smallest absolute Gasteiger partial charge is 0.311 e. The van der Waals surface area contributed by atoms with Gasteiger partial charge in [-0.05, 0) is 63.3 Å². The Morgan fingerprint density at radius 2 is 1.81 bits per heavy atom. The molecule has 3 aromatic carbocycles. The topological polar surface area (TPSA) is 63.4 Å². The summed E-state index contributed by atoms with van der Waals surface area (Å²) in [4.78, 5) is 12.0. The van der Waals surface area contributed by atoms with E-state index in [9.17, 15) is 15.2 Å². The number of fused-ring (bicyclic) bond motifs is 2. The molecular formula is C20H14BrNO3S. The van der Waals surface area contributed by atoms with Crippen molar-refractivity contribution in [3.05, 3.63) is 67.5 Å². The Kier molecular flexibility index (Phi) is 3.97. The third kappa shape index (κ3) is 2.40. The molecule has 0 aliphatic heterocycles. The monoisotopic (exact) mass is 427 g/mol. The number of phenolic OH excluding ortho intramolecular Hbond substituents is 1. The van der Waals surface area contributed by atoms with E-state index in [1.54, 1.807) is 17.4 Å². The molecule has 4 aromatic rings. The lowest BCUT2D eigenvalue weighted by atomic mass is 9.92. The van der Waals surface area contributed by atoms with Crippen LogP contribution in [0, 0.1) is 24.0 Å². The first-order valence-corrected chi connectivity index (χ1v) is 9.58. The van der Waals surface area contributed by atoms with Crippen molar-refractivity contribution in [1.29, 1.82) is 0 Å². The quantitative estimate of drug-likeness (QED) is 0.285. The van der Waals surface area contributed by atoms with Gasteiger partial charge in [0.25, 0.3) is 0 Å². The van der Waals surface area contributed by atoms with Crippen molar-refractivity contribution in [3.63, 3.8) is 0 Å². The van der Waals surface area contributed by atoms with Crippen molar-refractivity contribution in [2.24, 2.45) is 0 Å². The first kappa shape index (κ1) is 17.0. The first-order valence-electron chi connectivity index (χ1n) is 7.97. The molecule has 0 saturated carbocycles. The van der Waals surface area contributed by atoms with Crippen LogP contribution in [0.4, 0.5) is 5.69 Å². The highest BCUT2D eigenvalue weighted by Crippen LogP contribution is 2.47. The third-order valence-corrected chi connectivity index (χ3v) is 7.04. The molecule has 4 rings (SSSR count). The Labute approximate surface area is 162 Å². The Morgan fingerprint density at radius 3 is 2.50 bits per heavy atom. The second kappa shape index (κ2) is 6.07. The predicted octanol–water partition coefficient (Wildman–Crippen LogP) is 6.71. The Bertz CT molecular complexity index is 1210. The zero-order valence-electron chi connectivity index (χ0n) is 14.0. The number of nitro benzene ring substituents is 1. The Morgan fingerprint density at radius 1 is 1.12 bits per heavy atom. The van der Waals surface area contributed by atoms with Gasteiger partial charge in [-0.2, -0.15) is 0 Å². The predicted molar refractivity (Wildman–Crippen MR) is 110 cm³/mol. The average Bonchev–Trinajstić information content (AvgIpc) is 2.92. The van der Waals surface area contributed by atoms with Crippen molar-refractivity contribution >= 4 is 53.8 Å². The summed E-state index contributed by atoms with van der Waals surface area (Å²) in [5, 5.41) is 24.3. The molecule has 6 heteroatoms. The van der Waals surface area contributed by atoms with Gasteiger partial charge in [-0.15, -0.1) is 11.3 Å². The number of rotatable bonds is 2. The van der Waals surface area contributed by atoms with Crippen LogP contribution in [0.5, 0.6) is 5.75 Å². The van der Waals surface area contributed by atoms with E-state index in [2.05, 4.69) is 29.8 Å². The zero-order valence-corrected chi connectivity index (χ0v) is 16.4. The highest BCUT2D eigenvalue weighted by molar-refractivity contribution is 9.11. The van der Waals surface area contributed by atoms with E-state index in [0.717, 1.165) is 36.5 Å². The van der Waals surface area contributed by atoms with Gasteiger partial charge in [-0.1, -0.05) is 30.3 Å². The van der Waals surface area contributed by atoms with Crippen LogP contribution >= 0.6 is 27.3 Å². The van der Waals surface area contributed by atoms with Gasteiger partial charge in [-0.25, -0.2) is 0 Å². The summed E-state index contributed by atoms with van der Waals surface area (Å²) in [5.74, 6) is -0.324. The van der Waals surface area contributed by atoms with Crippen molar-refractivity contribution in [2.75, 3.05) is 0 Å². The van der Waals surface area contributed by atoms with Gasteiger partial charge in [0.1, 0.15) is 0 Å². The van der Waals surface area contributed by atoms with Crippen LogP contribution < -0.4 is 0 Å². The van der Waals surface area contributed by atoms with Crippen molar-refractivity contribution < 1.29 is 10.0 Å². The molecule has 0 amide bonds. The lowest BCUT2D eigenvalue weighted by Gasteiger charge is -2.13. The second-order valence-corrected chi connectivity index (χ2v) is 8.20. The number of halogens is 1. The van der Waals surface area contributed by atoms with Crippen LogP contribution in [0.2, 0.25) is 0 Å². The molecule has 130 valence electrons. The number of benzene rings is 3. The van der Waals surface area contributed by atoms with Crippen LogP contribution in [0.1, 0.15) is 10.4 Å². The molecule has 4 nitrogen and oxygen atoms in total. The van der Waals surface area contributed by atoms with Crippen molar-refractivity contribution in [2.45, 2.75) is 13.8 Å². The summed E-state index contributed by atoms with van der Waals surface area (Å²) < 4.78 is 2.17. The summed E-state index contributed by atoms with van der Waals surface area (Å²) >= 11 is 5.46. The molecule has 0 radical (unpaired) electrons. The van der Waals surface area contributed by atoms with Gasteiger partial charge in [0, 0.05) is 20.8 Å². The van der Waals surface area contributed by atoms with Crippen molar-refractivity contribution in [1.82, 2.24) is 0 Å². The fourth-order valence-corrected chi connectivity index (χ4v) is 5.26. The zero-order chi connectivity index (χ0) is 18.6. The minimum absolute atomic E-state index is 0.285. The van der Waals surface area contributed by atoms with E-state index in [4.69, 9.17) is 0 Å². The molecule has 26 heavy (non-hydrogen) atoms. The molecule has 1 aromatic heterocycles. The van der Waals surface area contributed by atoms with E-state index < -0.39 is 4.92 Å². The summed E-state index contributed by atoms with van der Waals surface area (Å²) in [7, 11) is 0. The number of aryl methyl sites for hydroxylation is 2. The lowest BCUT2D eigenvalue weighted by molar-refractivity contribution is -0.385. The summed E-state index contributed by atoms with van der Waals surface area (Å²) in [6, 6.07) is 12.6. The Balaban J connectivity index is 2.23. The van der Waals surface area contributed by atoms with E-state index in [-0.39, 0.29) is 11.4 Å². The third-order valence-electron chi connectivity index (χ3n) is 4.73. The maximum absolute atomic E-state index is 11.3. The molecule has 0 saturated heterocycles. The lowest BCUT2D eigenvalue weighted by Crippen LogP contribution is -1.91. The highest BCUT2D eigenvalue weighted by Gasteiger charge is 2.21.